The third-order valence-electron chi connectivity index (χ3n) is 2.58. The Labute approximate surface area is 129 Å². The van der Waals surface area contributed by atoms with E-state index in [1.54, 1.807) is 6.08 Å². The topological polar surface area (TPSA) is 79.3 Å². The van der Waals surface area contributed by atoms with Crippen molar-refractivity contribution >= 4 is 39.7 Å². The smallest absolute Gasteiger partial charge is 0.339 e. The largest absolute Gasteiger partial charge is 0.478 e. The second-order valence-corrected chi connectivity index (χ2v) is 4.99. The Morgan fingerprint density at radius 3 is 2.57 bits per heavy atom. The van der Waals surface area contributed by atoms with Crippen LogP contribution in [0, 0.1) is 0 Å². The Hall–Kier alpha value is -2.47. The Bertz CT molecular complexity index is 696. The fraction of sp³-hybridized carbons (Fsp3) is 0. The molecule has 106 valence electrons. The molecule has 0 radical (unpaired) electrons. The van der Waals surface area contributed by atoms with E-state index in [1.165, 1.54) is 24.4 Å². The quantitative estimate of drug-likeness (QED) is 0.833. The van der Waals surface area contributed by atoms with Crippen molar-refractivity contribution in [2.75, 3.05) is 5.32 Å². The van der Waals surface area contributed by atoms with Gasteiger partial charge in [0, 0.05) is 16.7 Å². The lowest BCUT2D eigenvalue weighted by Crippen LogP contribution is -2.13. The van der Waals surface area contributed by atoms with Gasteiger partial charge in [0.25, 0.3) is 0 Å². The summed E-state index contributed by atoms with van der Waals surface area (Å²) in [6, 6.07) is 10.3. The molecule has 2 aromatic rings. The summed E-state index contributed by atoms with van der Waals surface area (Å²) in [6.07, 6.45) is 4.37. The first-order chi connectivity index (χ1) is 10.1. The van der Waals surface area contributed by atoms with Crippen LogP contribution >= 0.6 is 15.9 Å². The second kappa shape index (κ2) is 6.81. The molecular formula is C15H11BrN2O3. The van der Waals surface area contributed by atoms with Crippen LogP contribution in [0.5, 0.6) is 0 Å². The summed E-state index contributed by atoms with van der Waals surface area (Å²) in [5.74, 6) is -1.56. The van der Waals surface area contributed by atoms with Crippen molar-refractivity contribution in [1.29, 1.82) is 0 Å². The fourth-order valence-electron chi connectivity index (χ4n) is 1.58. The number of hydrogen-bond acceptors (Lipinski definition) is 3. The zero-order valence-corrected chi connectivity index (χ0v) is 12.4. The van der Waals surface area contributed by atoms with E-state index in [0.29, 0.717) is 0 Å². The molecule has 21 heavy (non-hydrogen) atoms. The van der Waals surface area contributed by atoms with E-state index >= 15 is 0 Å². The third-order valence-corrected chi connectivity index (χ3v) is 3.11. The molecule has 2 rings (SSSR count). The first-order valence-corrected chi connectivity index (χ1v) is 6.78. The molecule has 0 aliphatic carbocycles. The standard InChI is InChI=1S/C15H11BrN2O3/c16-11-6-3-10(4-7-11)5-8-13(19)18-14-12(15(20)21)2-1-9-17-14/h1-9H,(H,20,21)(H,17,18,19). The van der Waals surface area contributed by atoms with E-state index in [9.17, 15) is 9.59 Å². The SMILES string of the molecule is O=C(C=Cc1ccc(Br)cc1)Nc1ncccc1C(=O)O. The molecule has 1 aromatic heterocycles. The number of anilines is 1. The molecule has 0 saturated carbocycles. The van der Waals surface area contributed by atoms with Gasteiger partial charge in [-0.25, -0.2) is 9.78 Å². The highest BCUT2D eigenvalue weighted by molar-refractivity contribution is 9.10. The highest BCUT2D eigenvalue weighted by Crippen LogP contribution is 2.13. The van der Waals surface area contributed by atoms with Crippen LogP contribution in [0.3, 0.4) is 0 Å². The Balaban J connectivity index is 2.08. The van der Waals surface area contributed by atoms with Gasteiger partial charge in [0.2, 0.25) is 5.91 Å². The lowest BCUT2D eigenvalue weighted by molar-refractivity contribution is -0.111. The molecule has 6 heteroatoms. The normalized spacial score (nSPS) is 10.5. The van der Waals surface area contributed by atoms with Crippen molar-refractivity contribution in [1.82, 2.24) is 4.98 Å². The molecule has 0 saturated heterocycles. The summed E-state index contributed by atoms with van der Waals surface area (Å²) in [5.41, 5.74) is 0.802. The van der Waals surface area contributed by atoms with E-state index in [4.69, 9.17) is 5.11 Å². The van der Waals surface area contributed by atoms with Crippen LogP contribution in [0.25, 0.3) is 6.08 Å². The van der Waals surface area contributed by atoms with Crippen LogP contribution in [0.1, 0.15) is 15.9 Å². The van der Waals surface area contributed by atoms with Crippen LogP contribution < -0.4 is 5.32 Å². The van der Waals surface area contributed by atoms with Gasteiger partial charge in [0.1, 0.15) is 11.4 Å². The number of halogens is 1. The number of amides is 1. The lowest BCUT2D eigenvalue weighted by Gasteiger charge is -2.04. The van der Waals surface area contributed by atoms with E-state index in [1.807, 2.05) is 24.3 Å². The van der Waals surface area contributed by atoms with Gasteiger partial charge in [-0.1, -0.05) is 28.1 Å². The zero-order valence-electron chi connectivity index (χ0n) is 10.8. The number of aromatic nitrogens is 1. The Kier molecular flexibility index (Phi) is 4.84. The first kappa shape index (κ1) is 14.9. The molecule has 0 aliphatic heterocycles. The molecule has 1 aromatic carbocycles. The van der Waals surface area contributed by atoms with Crippen molar-refractivity contribution in [2.45, 2.75) is 0 Å². The van der Waals surface area contributed by atoms with Crippen LogP contribution in [-0.2, 0) is 4.79 Å². The van der Waals surface area contributed by atoms with Gasteiger partial charge in [-0.05, 0) is 35.9 Å². The summed E-state index contributed by atoms with van der Waals surface area (Å²) in [6.45, 7) is 0. The van der Waals surface area contributed by atoms with Crippen LogP contribution in [0.4, 0.5) is 5.82 Å². The van der Waals surface area contributed by atoms with Gasteiger partial charge >= 0.3 is 5.97 Å². The molecule has 0 fully saturated rings. The van der Waals surface area contributed by atoms with Crippen molar-refractivity contribution in [3.05, 3.63) is 64.3 Å². The number of rotatable bonds is 4. The van der Waals surface area contributed by atoms with E-state index in [2.05, 4.69) is 26.2 Å². The van der Waals surface area contributed by atoms with E-state index in [-0.39, 0.29) is 11.4 Å². The maximum Gasteiger partial charge on any atom is 0.339 e. The van der Waals surface area contributed by atoms with Crippen LogP contribution in [0.15, 0.2) is 53.1 Å². The third kappa shape index (κ3) is 4.25. The fourth-order valence-corrected chi connectivity index (χ4v) is 1.85. The minimum absolute atomic E-state index is 0.0236. The number of carboxylic acid groups (broad SMARTS) is 1. The molecule has 2 N–H and O–H groups in total. The molecule has 0 aliphatic rings. The predicted molar refractivity (Wildman–Crippen MR) is 83.0 cm³/mol. The summed E-state index contributed by atoms with van der Waals surface area (Å²) < 4.78 is 0.948. The highest BCUT2D eigenvalue weighted by Gasteiger charge is 2.11. The van der Waals surface area contributed by atoms with Crippen molar-refractivity contribution in [3.8, 4) is 0 Å². The van der Waals surface area contributed by atoms with Crippen LogP contribution in [-0.4, -0.2) is 22.0 Å². The summed E-state index contributed by atoms with van der Waals surface area (Å²) in [5, 5.41) is 11.4. The molecule has 1 amide bonds. The monoisotopic (exact) mass is 346 g/mol. The number of aromatic carboxylic acids is 1. The van der Waals surface area contributed by atoms with Gasteiger partial charge in [-0.15, -0.1) is 0 Å². The van der Waals surface area contributed by atoms with Gasteiger partial charge in [-0.3, -0.25) is 4.79 Å². The molecule has 0 atom stereocenters. The molecular weight excluding hydrogens is 336 g/mol. The maximum atomic E-state index is 11.8. The average Bonchev–Trinajstić information content (AvgIpc) is 2.47. The van der Waals surface area contributed by atoms with Gasteiger partial charge in [0.15, 0.2) is 0 Å². The van der Waals surface area contributed by atoms with Gasteiger partial charge in [0.05, 0.1) is 0 Å². The Morgan fingerprint density at radius 1 is 1.19 bits per heavy atom. The lowest BCUT2D eigenvalue weighted by atomic mass is 10.2. The zero-order chi connectivity index (χ0) is 15.2. The van der Waals surface area contributed by atoms with Crippen molar-refractivity contribution in [2.24, 2.45) is 0 Å². The maximum absolute atomic E-state index is 11.8. The number of carbonyl (C=O) groups is 2. The molecule has 0 bridgehead atoms. The minimum atomic E-state index is -1.14. The number of carboxylic acids is 1. The molecule has 5 nitrogen and oxygen atoms in total. The number of nitrogens with zero attached hydrogens (tertiary/aromatic N) is 1. The summed E-state index contributed by atoms with van der Waals surface area (Å²) in [4.78, 5) is 26.6. The number of benzene rings is 1. The summed E-state index contributed by atoms with van der Waals surface area (Å²) in [7, 11) is 0. The predicted octanol–water partition coefficient (Wildman–Crippen LogP) is 3.19. The van der Waals surface area contributed by atoms with Gasteiger partial charge < -0.3 is 10.4 Å². The second-order valence-electron chi connectivity index (χ2n) is 4.08. The number of pyridine rings is 1. The number of carbonyl (C=O) groups excluding carboxylic acids is 1. The first-order valence-electron chi connectivity index (χ1n) is 5.99. The van der Waals surface area contributed by atoms with E-state index in [0.717, 1.165) is 10.0 Å². The number of hydrogen-bond donors (Lipinski definition) is 2. The Morgan fingerprint density at radius 2 is 1.90 bits per heavy atom. The molecule has 0 unspecified atom stereocenters. The van der Waals surface area contributed by atoms with Gasteiger partial charge in [-0.2, -0.15) is 0 Å². The van der Waals surface area contributed by atoms with Crippen LogP contribution in [0.2, 0.25) is 0 Å². The van der Waals surface area contributed by atoms with E-state index < -0.39 is 11.9 Å². The molecule has 1 heterocycles. The highest BCUT2D eigenvalue weighted by atomic mass is 79.9. The number of nitrogens with one attached hydrogen (secondary N) is 1. The minimum Gasteiger partial charge on any atom is -0.478 e. The average molecular weight is 347 g/mol. The molecule has 0 spiro atoms. The van der Waals surface area contributed by atoms with Crippen molar-refractivity contribution in [3.63, 3.8) is 0 Å². The van der Waals surface area contributed by atoms with Crippen molar-refractivity contribution < 1.29 is 14.7 Å². The summed E-state index contributed by atoms with van der Waals surface area (Å²) >= 11 is 3.32.